The second-order valence-electron chi connectivity index (χ2n) is 7.07. The molecule has 1 aliphatic carbocycles. The SMILES string of the molecule is C=CC(=O)OCCOC(=O)NC1CCC(C)(C)CC1(C)C. The second-order valence-corrected chi connectivity index (χ2v) is 7.07. The molecule has 1 amide bonds. The summed E-state index contributed by atoms with van der Waals surface area (Å²) >= 11 is 0. The van der Waals surface area contributed by atoms with Crippen LogP contribution in [0.25, 0.3) is 0 Å². The van der Waals surface area contributed by atoms with Crippen molar-refractivity contribution in [2.75, 3.05) is 13.2 Å². The van der Waals surface area contributed by atoms with Gasteiger partial charge in [0.2, 0.25) is 0 Å². The van der Waals surface area contributed by atoms with Gasteiger partial charge in [0, 0.05) is 12.1 Å². The maximum Gasteiger partial charge on any atom is 0.407 e. The first-order valence-electron chi connectivity index (χ1n) is 7.39. The van der Waals surface area contributed by atoms with Crippen LogP contribution in [0.5, 0.6) is 0 Å². The van der Waals surface area contributed by atoms with E-state index in [1.54, 1.807) is 0 Å². The van der Waals surface area contributed by atoms with E-state index in [0.717, 1.165) is 25.3 Å². The van der Waals surface area contributed by atoms with Crippen molar-refractivity contribution in [2.24, 2.45) is 10.8 Å². The minimum Gasteiger partial charge on any atom is -0.459 e. The van der Waals surface area contributed by atoms with E-state index in [1.165, 1.54) is 0 Å². The highest BCUT2D eigenvalue weighted by molar-refractivity contribution is 5.81. The Balaban J connectivity index is 2.34. The third kappa shape index (κ3) is 5.78. The van der Waals surface area contributed by atoms with Gasteiger partial charge in [-0.2, -0.15) is 0 Å². The van der Waals surface area contributed by atoms with Gasteiger partial charge in [-0.1, -0.05) is 34.3 Å². The Morgan fingerprint density at radius 3 is 2.43 bits per heavy atom. The van der Waals surface area contributed by atoms with Crippen LogP contribution < -0.4 is 5.32 Å². The van der Waals surface area contributed by atoms with Crippen LogP contribution in [-0.2, 0) is 14.3 Å². The highest BCUT2D eigenvalue weighted by Gasteiger charge is 2.41. The summed E-state index contributed by atoms with van der Waals surface area (Å²) in [5, 5.41) is 2.93. The standard InChI is InChI=1S/C16H27NO4/c1-6-13(18)20-9-10-21-14(19)17-12-7-8-15(2,3)11-16(12,4)5/h6,12H,1,7-11H2,2-5H3,(H,17,19). The molecule has 1 unspecified atom stereocenters. The lowest BCUT2D eigenvalue weighted by molar-refractivity contribution is -0.138. The number of nitrogens with one attached hydrogen (secondary N) is 1. The van der Waals surface area contributed by atoms with Gasteiger partial charge in [0.05, 0.1) is 0 Å². The zero-order chi connectivity index (χ0) is 16.1. The Bertz CT molecular complexity index is 401. The van der Waals surface area contributed by atoms with Crippen LogP contribution >= 0.6 is 0 Å². The van der Waals surface area contributed by atoms with Crippen molar-refractivity contribution < 1.29 is 19.1 Å². The first kappa shape index (κ1) is 17.5. The van der Waals surface area contributed by atoms with Crippen LogP contribution in [0.3, 0.4) is 0 Å². The van der Waals surface area contributed by atoms with Crippen molar-refractivity contribution in [1.29, 1.82) is 0 Å². The van der Waals surface area contributed by atoms with Crippen LogP contribution in [0.15, 0.2) is 12.7 Å². The molecule has 1 atom stereocenters. The van der Waals surface area contributed by atoms with Crippen LogP contribution in [-0.4, -0.2) is 31.3 Å². The van der Waals surface area contributed by atoms with Crippen molar-refractivity contribution in [2.45, 2.75) is 53.0 Å². The van der Waals surface area contributed by atoms with Gasteiger partial charge in [-0.15, -0.1) is 0 Å². The number of alkyl carbamates (subject to hydrolysis) is 1. The quantitative estimate of drug-likeness (QED) is 0.481. The largest absolute Gasteiger partial charge is 0.459 e. The predicted molar refractivity (Wildman–Crippen MR) is 80.8 cm³/mol. The number of rotatable bonds is 5. The molecule has 0 radical (unpaired) electrons. The molecule has 0 heterocycles. The summed E-state index contributed by atoms with van der Waals surface area (Å²) in [6.45, 7) is 12.2. The molecule has 120 valence electrons. The van der Waals surface area contributed by atoms with Gasteiger partial charge < -0.3 is 14.8 Å². The lowest BCUT2D eigenvalue weighted by Gasteiger charge is -2.46. The zero-order valence-corrected chi connectivity index (χ0v) is 13.5. The second kappa shape index (κ2) is 6.96. The molecule has 21 heavy (non-hydrogen) atoms. The molecule has 5 heteroatoms. The lowest BCUT2D eigenvalue weighted by atomic mass is 9.63. The van der Waals surface area contributed by atoms with Gasteiger partial charge in [-0.05, 0) is 30.1 Å². The Hall–Kier alpha value is -1.52. The fraction of sp³-hybridized carbons (Fsp3) is 0.750. The van der Waals surface area contributed by atoms with E-state index in [-0.39, 0.29) is 24.7 Å². The molecule has 5 nitrogen and oxygen atoms in total. The van der Waals surface area contributed by atoms with Crippen molar-refractivity contribution in [1.82, 2.24) is 5.32 Å². The summed E-state index contributed by atoms with van der Waals surface area (Å²) in [5.74, 6) is -0.519. The smallest absolute Gasteiger partial charge is 0.407 e. The average molecular weight is 297 g/mol. The van der Waals surface area contributed by atoms with Crippen molar-refractivity contribution in [3.05, 3.63) is 12.7 Å². The predicted octanol–water partition coefficient (Wildman–Crippen LogP) is 3.05. The Labute approximate surface area is 127 Å². The maximum absolute atomic E-state index is 11.8. The van der Waals surface area contributed by atoms with E-state index in [9.17, 15) is 9.59 Å². The van der Waals surface area contributed by atoms with Crippen molar-refractivity contribution >= 4 is 12.1 Å². The van der Waals surface area contributed by atoms with Crippen LogP contribution in [0.1, 0.15) is 47.0 Å². The van der Waals surface area contributed by atoms with E-state index in [2.05, 4.69) is 39.6 Å². The fourth-order valence-corrected chi connectivity index (χ4v) is 3.16. The van der Waals surface area contributed by atoms with Crippen LogP contribution in [0, 0.1) is 10.8 Å². The molecule has 0 aromatic rings. The molecule has 0 spiro atoms. The van der Waals surface area contributed by atoms with Crippen LogP contribution in [0.4, 0.5) is 4.79 Å². The molecule has 0 bridgehead atoms. The van der Waals surface area contributed by atoms with E-state index >= 15 is 0 Å². The third-order valence-electron chi connectivity index (χ3n) is 4.01. The average Bonchev–Trinajstić information content (AvgIpc) is 2.36. The van der Waals surface area contributed by atoms with E-state index in [1.807, 2.05) is 0 Å². The first-order valence-corrected chi connectivity index (χ1v) is 7.39. The summed E-state index contributed by atoms with van der Waals surface area (Å²) in [5.41, 5.74) is 0.348. The molecule has 1 saturated carbocycles. The van der Waals surface area contributed by atoms with E-state index in [0.29, 0.717) is 5.41 Å². The van der Waals surface area contributed by atoms with Crippen LogP contribution in [0.2, 0.25) is 0 Å². The van der Waals surface area contributed by atoms with E-state index in [4.69, 9.17) is 9.47 Å². The maximum atomic E-state index is 11.8. The molecule has 1 aliphatic rings. The summed E-state index contributed by atoms with van der Waals surface area (Å²) < 4.78 is 9.76. The van der Waals surface area contributed by atoms with Gasteiger partial charge in [-0.25, -0.2) is 9.59 Å². The van der Waals surface area contributed by atoms with Gasteiger partial charge in [-0.3, -0.25) is 0 Å². The number of ether oxygens (including phenoxy) is 2. The number of hydrogen-bond acceptors (Lipinski definition) is 4. The molecule has 0 aliphatic heterocycles. The molecule has 0 saturated heterocycles. The number of carbonyl (C=O) groups excluding carboxylic acids is 2. The number of carbonyl (C=O) groups is 2. The molecule has 1 rings (SSSR count). The number of esters is 1. The number of amides is 1. The Morgan fingerprint density at radius 1 is 1.24 bits per heavy atom. The topological polar surface area (TPSA) is 64.6 Å². The zero-order valence-electron chi connectivity index (χ0n) is 13.5. The highest BCUT2D eigenvalue weighted by Crippen LogP contribution is 2.45. The molecule has 1 fully saturated rings. The normalized spacial score (nSPS) is 23.0. The minimum atomic E-state index is -0.519. The summed E-state index contributed by atoms with van der Waals surface area (Å²) in [6.07, 6.45) is 3.70. The Morgan fingerprint density at radius 2 is 1.86 bits per heavy atom. The molecular formula is C16H27NO4. The Kier molecular flexibility index (Phi) is 5.81. The van der Waals surface area contributed by atoms with Gasteiger partial charge in [0.25, 0.3) is 0 Å². The van der Waals surface area contributed by atoms with Crippen molar-refractivity contribution in [3.8, 4) is 0 Å². The molecular weight excluding hydrogens is 270 g/mol. The highest BCUT2D eigenvalue weighted by atomic mass is 16.6. The molecule has 1 N–H and O–H groups in total. The van der Waals surface area contributed by atoms with Gasteiger partial charge in [0.15, 0.2) is 0 Å². The van der Waals surface area contributed by atoms with Gasteiger partial charge in [0.1, 0.15) is 13.2 Å². The van der Waals surface area contributed by atoms with Crippen molar-refractivity contribution in [3.63, 3.8) is 0 Å². The monoisotopic (exact) mass is 297 g/mol. The van der Waals surface area contributed by atoms with E-state index < -0.39 is 12.1 Å². The molecule has 0 aromatic carbocycles. The lowest BCUT2D eigenvalue weighted by Crippen LogP contribution is -2.50. The summed E-state index contributed by atoms with van der Waals surface area (Å²) in [4.78, 5) is 22.6. The third-order valence-corrected chi connectivity index (χ3v) is 4.01. The fourth-order valence-electron chi connectivity index (χ4n) is 3.16. The summed E-state index contributed by atoms with van der Waals surface area (Å²) in [6, 6.07) is 0.105. The summed E-state index contributed by atoms with van der Waals surface area (Å²) in [7, 11) is 0. The van der Waals surface area contributed by atoms with Gasteiger partial charge >= 0.3 is 12.1 Å². The first-order chi connectivity index (χ1) is 9.66. The molecule has 0 aromatic heterocycles. The minimum absolute atomic E-state index is 0.0378. The number of hydrogen-bond donors (Lipinski definition) is 1.